The van der Waals surface area contributed by atoms with Crippen LogP contribution in [0.4, 0.5) is 5.69 Å². The number of benzene rings is 1. The summed E-state index contributed by atoms with van der Waals surface area (Å²) in [6, 6.07) is 5.72. The van der Waals surface area contributed by atoms with E-state index in [9.17, 15) is 9.59 Å². The first-order valence-electron chi connectivity index (χ1n) is 6.07. The predicted molar refractivity (Wildman–Crippen MR) is 76.4 cm³/mol. The fourth-order valence-electron chi connectivity index (χ4n) is 2.18. The van der Waals surface area contributed by atoms with Gasteiger partial charge in [-0.15, -0.1) is 0 Å². The summed E-state index contributed by atoms with van der Waals surface area (Å²) in [6.07, 6.45) is 1.44. The molecule has 1 heterocycles. The molecule has 1 aromatic carbocycles. The third kappa shape index (κ3) is 2.17. The van der Waals surface area contributed by atoms with Crippen LogP contribution in [-0.2, 0) is 22.4 Å². The van der Waals surface area contributed by atoms with Crippen molar-refractivity contribution in [1.29, 1.82) is 0 Å². The van der Waals surface area contributed by atoms with E-state index in [0.29, 0.717) is 5.69 Å². The lowest BCUT2D eigenvalue weighted by atomic mass is 10.0. The minimum Gasteiger partial charge on any atom is -0.267 e. The molecular formula is C14H13Cl2NO2. The van der Waals surface area contributed by atoms with Gasteiger partial charge in [-0.1, -0.05) is 55.2 Å². The van der Waals surface area contributed by atoms with Crippen LogP contribution in [0, 0.1) is 0 Å². The summed E-state index contributed by atoms with van der Waals surface area (Å²) in [7, 11) is 0. The van der Waals surface area contributed by atoms with E-state index in [2.05, 4.69) is 0 Å². The number of amides is 2. The Labute approximate surface area is 121 Å². The third-order valence-electron chi connectivity index (χ3n) is 3.16. The SMILES string of the molecule is CCc1cccc(CC)c1N1C(=O)C(Cl)=C(Cl)C1=O. The molecule has 0 fully saturated rings. The molecule has 5 heteroatoms. The highest BCUT2D eigenvalue weighted by Crippen LogP contribution is 2.35. The molecule has 1 aromatic rings. The Morgan fingerprint density at radius 2 is 1.37 bits per heavy atom. The van der Waals surface area contributed by atoms with Crippen LogP contribution in [0.1, 0.15) is 25.0 Å². The van der Waals surface area contributed by atoms with Gasteiger partial charge in [-0.05, 0) is 24.0 Å². The fraction of sp³-hybridized carbons (Fsp3) is 0.286. The zero-order valence-electron chi connectivity index (χ0n) is 10.7. The Morgan fingerprint density at radius 3 is 1.74 bits per heavy atom. The van der Waals surface area contributed by atoms with E-state index in [4.69, 9.17) is 23.2 Å². The smallest absolute Gasteiger partial charge is 0.267 e. The van der Waals surface area contributed by atoms with Crippen LogP contribution >= 0.6 is 23.2 Å². The summed E-state index contributed by atoms with van der Waals surface area (Å²) in [4.78, 5) is 25.3. The number of hydrogen-bond donors (Lipinski definition) is 0. The molecule has 1 aliphatic heterocycles. The van der Waals surface area contributed by atoms with Gasteiger partial charge in [-0.3, -0.25) is 9.59 Å². The molecule has 2 rings (SSSR count). The first-order valence-corrected chi connectivity index (χ1v) is 6.83. The fourth-order valence-corrected chi connectivity index (χ4v) is 2.51. The van der Waals surface area contributed by atoms with Crippen molar-refractivity contribution in [3.63, 3.8) is 0 Å². The molecule has 0 unspecified atom stereocenters. The number of nitrogens with zero attached hydrogens (tertiary/aromatic N) is 1. The molecule has 0 N–H and O–H groups in total. The maximum Gasteiger partial charge on any atom is 0.278 e. The second kappa shape index (κ2) is 5.35. The molecule has 19 heavy (non-hydrogen) atoms. The topological polar surface area (TPSA) is 37.4 Å². The van der Waals surface area contributed by atoms with Crippen molar-refractivity contribution in [2.24, 2.45) is 0 Å². The highest BCUT2D eigenvalue weighted by Gasteiger charge is 2.39. The first kappa shape index (κ1) is 14.1. The van der Waals surface area contributed by atoms with Gasteiger partial charge in [0.1, 0.15) is 10.1 Å². The molecule has 2 amide bonds. The molecule has 0 radical (unpaired) electrons. The number of halogens is 2. The van der Waals surface area contributed by atoms with Crippen LogP contribution in [0.15, 0.2) is 28.3 Å². The van der Waals surface area contributed by atoms with Gasteiger partial charge in [0.25, 0.3) is 11.8 Å². The standard InChI is InChI=1S/C14H13Cl2NO2/c1-3-8-6-5-7-9(4-2)12(8)17-13(18)10(15)11(16)14(17)19/h5-7H,3-4H2,1-2H3. The van der Waals surface area contributed by atoms with E-state index in [-0.39, 0.29) is 10.1 Å². The average molecular weight is 298 g/mol. The van der Waals surface area contributed by atoms with Gasteiger partial charge >= 0.3 is 0 Å². The summed E-state index contributed by atoms with van der Waals surface area (Å²) >= 11 is 11.6. The van der Waals surface area contributed by atoms with E-state index < -0.39 is 11.8 Å². The Morgan fingerprint density at radius 1 is 0.947 bits per heavy atom. The number of para-hydroxylation sites is 1. The molecule has 0 aliphatic carbocycles. The largest absolute Gasteiger partial charge is 0.278 e. The van der Waals surface area contributed by atoms with Gasteiger partial charge in [0.15, 0.2) is 0 Å². The van der Waals surface area contributed by atoms with Gasteiger partial charge in [-0.25, -0.2) is 4.90 Å². The molecule has 100 valence electrons. The monoisotopic (exact) mass is 297 g/mol. The first-order chi connectivity index (χ1) is 9.02. The van der Waals surface area contributed by atoms with Crippen molar-refractivity contribution >= 4 is 40.7 Å². The minimum absolute atomic E-state index is 0.209. The molecule has 3 nitrogen and oxygen atoms in total. The van der Waals surface area contributed by atoms with Crippen LogP contribution in [0.5, 0.6) is 0 Å². The van der Waals surface area contributed by atoms with Gasteiger partial charge in [0, 0.05) is 0 Å². The lowest BCUT2D eigenvalue weighted by Gasteiger charge is -2.21. The quantitative estimate of drug-likeness (QED) is 0.802. The van der Waals surface area contributed by atoms with Crippen LogP contribution in [0.25, 0.3) is 0 Å². The molecule has 0 saturated heterocycles. The summed E-state index contributed by atoms with van der Waals surface area (Å²) in [5.41, 5.74) is 2.48. The summed E-state index contributed by atoms with van der Waals surface area (Å²) in [5, 5.41) is -0.417. The second-order valence-electron chi connectivity index (χ2n) is 4.21. The Kier molecular flexibility index (Phi) is 3.97. The molecule has 0 atom stereocenters. The van der Waals surface area contributed by atoms with E-state index in [1.165, 1.54) is 0 Å². The molecule has 1 aliphatic rings. The van der Waals surface area contributed by atoms with Gasteiger partial charge in [-0.2, -0.15) is 0 Å². The van der Waals surface area contributed by atoms with Crippen molar-refractivity contribution in [2.75, 3.05) is 4.90 Å². The number of hydrogen-bond acceptors (Lipinski definition) is 2. The summed E-state index contributed by atoms with van der Waals surface area (Å²) < 4.78 is 0. The Bertz CT molecular complexity index is 547. The van der Waals surface area contributed by atoms with Crippen molar-refractivity contribution in [1.82, 2.24) is 0 Å². The van der Waals surface area contributed by atoms with E-state index in [1.807, 2.05) is 32.0 Å². The Balaban J connectivity index is 2.61. The van der Waals surface area contributed by atoms with Crippen LogP contribution in [0.2, 0.25) is 0 Å². The Hall–Kier alpha value is -1.32. The van der Waals surface area contributed by atoms with Crippen molar-refractivity contribution in [3.8, 4) is 0 Å². The average Bonchev–Trinajstić information content (AvgIpc) is 2.62. The second-order valence-corrected chi connectivity index (χ2v) is 4.96. The van der Waals surface area contributed by atoms with Crippen LogP contribution in [0.3, 0.4) is 0 Å². The number of rotatable bonds is 3. The van der Waals surface area contributed by atoms with Crippen LogP contribution < -0.4 is 4.90 Å². The van der Waals surface area contributed by atoms with E-state index in [1.54, 1.807) is 0 Å². The molecule has 0 spiro atoms. The van der Waals surface area contributed by atoms with Crippen molar-refractivity contribution in [3.05, 3.63) is 39.4 Å². The highest BCUT2D eigenvalue weighted by molar-refractivity contribution is 6.62. The zero-order chi connectivity index (χ0) is 14.2. The summed E-state index contributed by atoms with van der Waals surface area (Å²) in [5.74, 6) is -1.10. The molecule has 0 saturated carbocycles. The van der Waals surface area contributed by atoms with E-state index in [0.717, 1.165) is 28.9 Å². The van der Waals surface area contributed by atoms with Crippen LogP contribution in [-0.4, -0.2) is 11.8 Å². The van der Waals surface area contributed by atoms with Gasteiger partial charge < -0.3 is 0 Å². The van der Waals surface area contributed by atoms with Gasteiger partial charge in [0.05, 0.1) is 5.69 Å². The number of aryl methyl sites for hydroxylation is 2. The highest BCUT2D eigenvalue weighted by atomic mass is 35.5. The van der Waals surface area contributed by atoms with Gasteiger partial charge in [0.2, 0.25) is 0 Å². The van der Waals surface area contributed by atoms with Crippen molar-refractivity contribution in [2.45, 2.75) is 26.7 Å². The number of carbonyl (C=O) groups excluding carboxylic acids is 2. The molecule has 0 bridgehead atoms. The maximum atomic E-state index is 12.1. The maximum absolute atomic E-state index is 12.1. The number of imide groups is 1. The number of anilines is 1. The lowest BCUT2D eigenvalue weighted by Crippen LogP contribution is -2.32. The number of carbonyl (C=O) groups is 2. The zero-order valence-corrected chi connectivity index (χ0v) is 12.2. The normalized spacial score (nSPS) is 15.7. The lowest BCUT2D eigenvalue weighted by molar-refractivity contribution is -0.120. The van der Waals surface area contributed by atoms with E-state index >= 15 is 0 Å². The summed E-state index contributed by atoms with van der Waals surface area (Å²) in [6.45, 7) is 3.94. The molecule has 0 aromatic heterocycles. The predicted octanol–water partition coefficient (Wildman–Crippen LogP) is 3.37. The van der Waals surface area contributed by atoms with Crippen molar-refractivity contribution < 1.29 is 9.59 Å². The minimum atomic E-state index is -0.549. The third-order valence-corrected chi connectivity index (χ3v) is 3.96. The molecular weight excluding hydrogens is 285 g/mol.